The van der Waals surface area contributed by atoms with E-state index in [1.54, 1.807) is 48.7 Å². The van der Waals surface area contributed by atoms with Crippen LogP contribution in [0.4, 0.5) is 0 Å². The number of hydrogen-bond donors (Lipinski definition) is 1. The highest BCUT2D eigenvalue weighted by atomic mass is 16.6. The maximum absolute atomic E-state index is 13.5. The lowest BCUT2D eigenvalue weighted by Gasteiger charge is -2.19. The lowest BCUT2D eigenvalue weighted by Crippen LogP contribution is -2.21. The van der Waals surface area contributed by atoms with E-state index in [0.717, 1.165) is 10.9 Å². The molecule has 0 radical (unpaired) electrons. The Labute approximate surface area is 179 Å². The van der Waals surface area contributed by atoms with Crippen molar-refractivity contribution >= 4 is 22.7 Å². The van der Waals surface area contributed by atoms with Crippen LogP contribution in [0.15, 0.2) is 79.0 Å². The summed E-state index contributed by atoms with van der Waals surface area (Å²) in [7, 11) is 2.91. The number of ether oxygens (including phenoxy) is 3. The van der Waals surface area contributed by atoms with Gasteiger partial charge in [0.2, 0.25) is 5.78 Å². The topological polar surface area (TPSA) is 77.6 Å². The molecule has 1 aromatic heterocycles. The Balaban J connectivity index is 1.75. The summed E-state index contributed by atoms with van der Waals surface area (Å²) in [5.74, 6) is -0.436. The van der Waals surface area contributed by atoms with Crippen LogP contribution in [0.5, 0.6) is 11.5 Å². The highest BCUT2D eigenvalue weighted by Crippen LogP contribution is 2.33. The summed E-state index contributed by atoms with van der Waals surface area (Å²) in [6.07, 6.45) is 0.503. The van der Waals surface area contributed by atoms with Crippen molar-refractivity contribution in [3.05, 3.63) is 95.7 Å². The van der Waals surface area contributed by atoms with E-state index >= 15 is 0 Å². The number of aromatic nitrogens is 1. The zero-order valence-electron chi connectivity index (χ0n) is 17.1. The monoisotopic (exact) mass is 415 g/mol. The van der Waals surface area contributed by atoms with Gasteiger partial charge in [-0.3, -0.25) is 4.79 Å². The van der Waals surface area contributed by atoms with Gasteiger partial charge in [0.15, 0.2) is 6.10 Å². The van der Waals surface area contributed by atoms with Crippen molar-refractivity contribution in [1.29, 1.82) is 0 Å². The lowest BCUT2D eigenvalue weighted by atomic mass is 9.99. The van der Waals surface area contributed by atoms with Crippen LogP contribution in [0.25, 0.3) is 10.9 Å². The van der Waals surface area contributed by atoms with Crippen LogP contribution in [0.3, 0.4) is 0 Å². The number of carbonyl (C=O) groups excluding carboxylic acids is 2. The van der Waals surface area contributed by atoms with Gasteiger partial charge in [0.25, 0.3) is 0 Å². The molecule has 1 unspecified atom stereocenters. The average molecular weight is 415 g/mol. The van der Waals surface area contributed by atoms with Gasteiger partial charge < -0.3 is 19.2 Å². The highest BCUT2D eigenvalue weighted by molar-refractivity contribution is 6.11. The summed E-state index contributed by atoms with van der Waals surface area (Å²) < 4.78 is 16.4. The van der Waals surface area contributed by atoms with Crippen LogP contribution in [0.1, 0.15) is 32.4 Å². The number of benzene rings is 3. The van der Waals surface area contributed by atoms with E-state index in [9.17, 15) is 9.59 Å². The van der Waals surface area contributed by atoms with Crippen LogP contribution >= 0.6 is 0 Å². The lowest BCUT2D eigenvalue weighted by molar-refractivity contribution is 0.0274. The van der Waals surface area contributed by atoms with Crippen molar-refractivity contribution in [2.75, 3.05) is 14.2 Å². The van der Waals surface area contributed by atoms with Crippen LogP contribution in [-0.2, 0) is 4.74 Å². The minimum absolute atomic E-state index is 0.125. The van der Waals surface area contributed by atoms with E-state index in [2.05, 4.69) is 4.98 Å². The molecule has 0 amide bonds. The van der Waals surface area contributed by atoms with E-state index in [1.807, 2.05) is 30.3 Å². The number of aromatic amines is 1. The predicted molar refractivity (Wildman–Crippen MR) is 117 cm³/mol. The maximum atomic E-state index is 13.5. The molecule has 4 aromatic rings. The number of ketones is 1. The van der Waals surface area contributed by atoms with E-state index in [1.165, 1.54) is 14.2 Å². The van der Waals surface area contributed by atoms with Crippen LogP contribution in [0, 0.1) is 0 Å². The molecular weight excluding hydrogens is 394 g/mol. The Bertz CT molecular complexity index is 1210. The maximum Gasteiger partial charge on any atom is 0.346 e. The Morgan fingerprint density at radius 3 is 2.13 bits per heavy atom. The van der Waals surface area contributed by atoms with Gasteiger partial charge in [0.05, 0.1) is 14.2 Å². The summed E-state index contributed by atoms with van der Waals surface area (Å²) >= 11 is 0. The number of rotatable bonds is 7. The fraction of sp³-hybridized carbons (Fsp3) is 0.120. The second kappa shape index (κ2) is 8.75. The molecule has 0 aliphatic rings. The van der Waals surface area contributed by atoms with Crippen LogP contribution < -0.4 is 9.47 Å². The van der Waals surface area contributed by atoms with Crippen molar-refractivity contribution in [2.45, 2.75) is 6.10 Å². The zero-order valence-corrected chi connectivity index (χ0v) is 17.1. The zero-order chi connectivity index (χ0) is 21.8. The summed E-state index contributed by atoms with van der Waals surface area (Å²) in [5.41, 5.74) is 1.97. The van der Waals surface area contributed by atoms with Gasteiger partial charge >= 0.3 is 5.97 Å². The molecule has 0 bridgehead atoms. The average Bonchev–Trinajstić information content (AvgIpc) is 3.26. The first-order valence-electron chi connectivity index (χ1n) is 9.71. The van der Waals surface area contributed by atoms with Crippen molar-refractivity contribution in [1.82, 2.24) is 4.98 Å². The summed E-state index contributed by atoms with van der Waals surface area (Å²) in [5, 5.41) is 0.763. The number of H-pyrrole nitrogens is 1. The molecule has 0 aliphatic carbocycles. The fourth-order valence-corrected chi connectivity index (χ4v) is 3.54. The van der Waals surface area contributed by atoms with E-state index < -0.39 is 12.1 Å². The minimum atomic E-state index is -1.14. The quantitative estimate of drug-likeness (QED) is 0.341. The van der Waals surface area contributed by atoms with Gasteiger partial charge in [-0.15, -0.1) is 0 Å². The number of carbonyl (C=O) groups is 2. The summed E-state index contributed by atoms with van der Waals surface area (Å²) in [6.45, 7) is 0. The molecule has 4 rings (SSSR count). The summed E-state index contributed by atoms with van der Waals surface area (Å²) in [4.78, 5) is 29.8. The molecule has 6 heteroatoms. The first-order valence-corrected chi connectivity index (χ1v) is 9.71. The molecule has 0 saturated heterocycles. The van der Waals surface area contributed by atoms with Gasteiger partial charge in [-0.2, -0.15) is 0 Å². The third-order valence-electron chi connectivity index (χ3n) is 5.05. The molecule has 0 fully saturated rings. The third-order valence-corrected chi connectivity index (χ3v) is 5.05. The molecule has 1 atom stereocenters. The molecule has 31 heavy (non-hydrogen) atoms. The van der Waals surface area contributed by atoms with Crippen molar-refractivity contribution in [3.63, 3.8) is 0 Å². The van der Waals surface area contributed by atoms with Crippen molar-refractivity contribution < 1.29 is 23.8 Å². The summed E-state index contributed by atoms with van der Waals surface area (Å²) in [6, 6.07) is 21.4. The third kappa shape index (κ3) is 3.88. The molecule has 3 aromatic carbocycles. The van der Waals surface area contributed by atoms with Gasteiger partial charge in [-0.05, 0) is 18.2 Å². The Hall–Kier alpha value is -4.06. The number of esters is 1. The van der Waals surface area contributed by atoms with Crippen LogP contribution in [0.2, 0.25) is 0 Å². The minimum Gasteiger partial charge on any atom is -0.496 e. The Kier molecular flexibility index (Phi) is 5.71. The Morgan fingerprint density at radius 2 is 1.45 bits per heavy atom. The molecule has 0 spiro atoms. The number of para-hydroxylation sites is 1. The highest BCUT2D eigenvalue weighted by Gasteiger charge is 2.30. The first kappa shape index (κ1) is 20.2. The largest absolute Gasteiger partial charge is 0.496 e. The molecular formula is C25H21NO5. The van der Waals surface area contributed by atoms with E-state index in [4.69, 9.17) is 14.2 Å². The molecule has 0 aliphatic heterocycles. The molecule has 156 valence electrons. The number of Topliss-reactive ketones (excluding diaryl/α,β-unsaturated/α-hetero) is 1. The Morgan fingerprint density at radius 1 is 0.806 bits per heavy atom. The number of hydrogen-bond acceptors (Lipinski definition) is 5. The number of nitrogens with one attached hydrogen (secondary N) is 1. The fourth-order valence-electron chi connectivity index (χ4n) is 3.54. The second-order valence-electron chi connectivity index (χ2n) is 6.85. The molecule has 1 N–H and O–H groups in total. The predicted octanol–water partition coefficient (Wildman–Crippen LogP) is 4.97. The van der Waals surface area contributed by atoms with Gasteiger partial charge in [-0.25, -0.2) is 4.79 Å². The molecule has 6 nitrogen and oxygen atoms in total. The van der Waals surface area contributed by atoms with Crippen molar-refractivity contribution in [2.24, 2.45) is 0 Å². The van der Waals surface area contributed by atoms with Crippen molar-refractivity contribution in [3.8, 4) is 11.5 Å². The normalized spacial score (nSPS) is 11.7. The SMILES string of the molecule is COc1cccc(OC)c1C(=O)OC(C(=O)c1c[nH]c2ccccc12)c1ccccc1. The van der Waals surface area contributed by atoms with Gasteiger partial charge in [-0.1, -0.05) is 54.6 Å². The first-order chi connectivity index (χ1) is 15.1. The smallest absolute Gasteiger partial charge is 0.346 e. The molecule has 1 heterocycles. The second-order valence-corrected chi connectivity index (χ2v) is 6.85. The number of fused-ring (bicyclic) bond motifs is 1. The van der Waals surface area contributed by atoms with Crippen LogP contribution in [-0.4, -0.2) is 31.0 Å². The van der Waals surface area contributed by atoms with Gasteiger partial charge in [0, 0.05) is 28.2 Å². The van der Waals surface area contributed by atoms with E-state index in [-0.39, 0.29) is 11.3 Å². The van der Waals surface area contributed by atoms with E-state index in [0.29, 0.717) is 22.6 Å². The van der Waals surface area contributed by atoms with Gasteiger partial charge in [0.1, 0.15) is 17.1 Å². The number of methoxy groups -OCH3 is 2. The standard InChI is InChI=1S/C25H21NO5/c1-29-20-13-8-14-21(30-2)22(20)25(28)31-24(16-9-4-3-5-10-16)23(27)18-15-26-19-12-7-6-11-17(18)19/h3-15,24,26H,1-2H3. The molecule has 0 saturated carbocycles.